The number of rotatable bonds is 4. The number of aliphatic carboxylic acids is 1. The molecular formula is C11H18NNaO6. The van der Waals surface area contributed by atoms with Crippen molar-refractivity contribution >= 4 is 41.4 Å². The minimum absolute atomic E-state index is 0. The number of aliphatic hydroxyl groups excluding tert-OH is 2. The van der Waals surface area contributed by atoms with E-state index in [4.69, 9.17) is 9.84 Å². The Labute approximate surface area is 132 Å². The first-order valence-electron chi connectivity index (χ1n) is 5.58. The van der Waals surface area contributed by atoms with Gasteiger partial charge in [-0.2, -0.15) is 0 Å². The van der Waals surface area contributed by atoms with Gasteiger partial charge in [-0.1, -0.05) is 0 Å². The van der Waals surface area contributed by atoms with Gasteiger partial charge in [-0.3, -0.25) is 4.79 Å². The molecule has 1 rings (SSSR count). The first-order valence-corrected chi connectivity index (χ1v) is 5.58. The fourth-order valence-electron chi connectivity index (χ4n) is 1.92. The van der Waals surface area contributed by atoms with Crippen molar-refractivity contribution in [3.05, 3.63) is 11.6 Å². The predicted molar refractivity (Wildman–Crippen MR) is 67.9 cm³/mol. The normalized spacial score (nSPS) is 30.0. The van der Waals surface area contributed by atoms with E-state index >= 15 is 0 Å². The molecule has 4 N–H and O–H groups in total. The van der Waals surface area contributed by atoms with Crippen LogP contribution in [0.4, 0.5) is 0 Å². The Bertz CT molecular complexity index is 372. The van der Waals surface area contributed by atoms with E-state index in [1.807, 2.05) is 0 Å². The van der Waals surface area contributed by atoms with Gasteiger partial charge in [0.2, 0.25) is 5.91 Å². The molecule has 0 aromatic heterocycles. The summed E-state index contributed by atoms with van der Waals surface area (Å²) >= 11 is 0. The molecule has 104 valence electrons. The number of hydrogen-bond donors (Lipinski definition) is 4. The average Bonchev–Trinajstić information content (AvgIpc) is 2.27. The first kappa shape index (κ1) is 18.6. The van der Waals surface area contributed by atoms with Crippen molar-refractivity contribution < 1.29 is 29.6 Å². The summed E-state index contributed by atoms with van der Waals surface area (Å²) in [6.07, 6.45) is -2.59. The van der Waals surface area contributed by atoms with E-state index in [1.165, 1.54) is 6.92 Å². The molecule has 4 unspecified atom stereocenters. The van der Waals surface area contributed by atoms with Crippen molar-refractivity contribution in [2.45, 2.75) is 38.2 Å². The van der Waals surface area contributed by atoms with Crippen LogP contribution in [0.2, 0.25) is 0 Å². The van der Waals surface area contributed by atoms with E-state index < -0.39 is 36.2 Å². The van der Waals surface area contributed by atoms with E-state index in [1.54, 1.807) is 6.92 Å². The molecule has 0 fully saturated rings. The van der Waals surface area contributed by atoms with Crippen LogP contribution in [-0.2, 0) is 14.3 Å². The number of carboxylic acid groups (broad SMARTS) is 1. The fraction of sp³-hybridized carbons (Fsp3) is 0.636. The summed E-state index contributed by atoms with van der Waals surface area (Å²) in [6, 6.07) is -0.984. The number of carboxylic acids is 1. The molecule has 4 atom stereocenters. The molecule has 0 heterocycles. The van der Waals surface area contributed by atoms with Crippen LogP contribution in [-0.4, -0.2) is 87.7 Å². The van der Waals surface area contributed by atoms with Crippen molar-refractivity contribution in [2.75, 3.05) is 6.61 Å². The van der Waals surface area contributed by atoms with Crippen LogP contribution in [0.15, 0.2) is 11.6 Å². The molecule has 0 radical (unpaired) electrons. The molecule has 1 aliphatic carbocycles. The van der Waals surface area contributed by atoms with Crippen molar-refractivity contribution in [1.82, 2.24) is 5.32 Å². The number of carbonyl (C=O) groups is 2. The van der Waals surface area contributed by atoms with Crippen molar-refractivity contribution in [3.8, 4) is 0 Å². The zero-order valence-electron chi connectivity index (χ0n) is 10.2. The van der Waals surface area contributed by atoms with Crippen molar-refractivity contribution in [2.24, 2.45) is 0 Å². The van der Waals surface area contributed by atoms with Crippen molar-refractivity contribution in [3.63, 3.8) is 0 Å². The minimum atomic E-state index is -1.32. The van der Waals surface area contributed by atoms with Crippen molar-refractivity contribution in [1.29, 1.82) is 0 Å². The van der Waals surface area contributed by atoms with Gasteiger partial charge < -0.3 is 25.4 Å². The van der Waals surface area contributed by atoms with E-state index in [2.05, 4.69) is 5.32 Å². The van der Waals surface area contributed by atoms with Crippen LogP contribution in [0.3, 0.4) is 0 Å². The Balaban J connectivity index is 0.00000324. The second kappa shape index (κ2) is 7.98. The fourth-order valence-corrected chi connectivity index (χ4v) is 1.92. The van der Waals surface area contributed by atoms with E-state index in [-0.39, 0.29) is 41.7 Å². The van der Waals surface area contributed by atoms with Crippen LogP contribution >= 0.6 is 0 Å². The van der Waals surface area contributed by atoms with Gasteiger partial charge >= 0.3 is 35.5 Å². The molecule has 1 amide bonds. The standard InChI is InChI=1S/C11H17NO6.Na.H/c1-3-18-10-6(11(16)17)4-7(14)8(9(10)15)12-5(2)13;;/h4,7-10,14-15H,3H2,1-2H3,(H,12,13)(H,16,17);;. The average molecular weight is 283 g/mol. The van der Waals surface area contributed by atoms with E-state index in [0.29, 0.717) is 0 Å². The summed E-state index contributed by atoms with van der Waals surface area (Å²) in [5.41, 5.74) is -0.210. The Kier molecular flexibility index (Phi) is 7.80. The molecule has 0 spiro atoms. The number of hydrogen-bond acceptors (Lipinski definition) is 5. The summed E-state index contributed by atoms with van der Waals surface area (Å²) in [6.45, 7) is 3.10. The summed E-state index contributed by atoms with van der Waals surface area (Å²) in [5, 5.41) is 31.1. The molecule has 0 saturated heterocycles. The Morgan fingerprint density at radius 3 is 2.42 bits per heavy atom. The molecule has 0 aliphatic heterocycles. The first-order chi connectivity index (χ1) is 8.38. The SMILES string of the molecule is CCOC1C(C(=O)O)=CC(O)C(NC(C)=O)C1O.[NaH]. The summed E-state index contributed by atoms with van der Waals surface area (Å²) < 4.78 is 5.17. The maximum atomic E-state index is 11.0. The van der Waals surface area contributed by atoms with Gasteiger partial charge in [-0.25, -0.2) is 4.79 Å². The predicted octanol–water partition coefficient (Wildman–Crippen LogP) is -2.01. The van der Waals surface area contributed by atoms with Crippen LogP contribution in [0.1, 0.15) is 13.8 Å². The third kappa shape index (κ3) is 4.55. The number of nitrogens with one attached hydrogen (secondary N) is 1. The van der Waals surface area contributed by atoms with Crippen LogP contribution in [0.5, 0.6) is 0 Å². The summed E-state index contributed by atoms with van der Waals surface area (Å²) in [7, 11) is 0. The van der Waals surface area contributed by atoms with E-state index in [9.17, 15) is 19.8 Å². The number of carbonyl (C=O) groups excluding carboxylic acids is 1. The molecule has 7 nitrogen and oxygen atoms in total. The third-order valence-electron chi connectivity index (χ3n) is 2.67. The second-order valence-corrected chi connectivity index (χ2v) is 4.01. The number of aliphatic hydroxyl groups is 2. The Hall–Kier alpha value is -0.440. The Morgan fingerprint density at radius 2 is 2.00 bits per heavy atom. The second-order valence-electron chi connectivity index (χ2n) is 4.01. The molecule has 1 aliphatic rings. The number of amides is 1. The van der Waals surface area contributed by atoms with Gasteiger partial charge in [0.05, 0.1) is 17.7 Å². The molecule has 0 saturated carbocycles. The van der Waals surface area contributed by atoms with Gasteiger partial charge in [-0.05, 0) is 13.0 Å². The van der Waals surface area contributed by atoms with Gasteiger partial charge in [0.15, 0.2) is 0 Å². The quantitative estimate of drug-likeness (QED) is 0.443. The summed E-state index contributed by atoms with van der Waals surface area (Å²) in [5.74, 6) is -1.70. The Morgan fingerprint density at radius 1 is 1.42 bits per heavy atom. The van der Waals surface area contributed by atoms with Crippen LogP contribution in [0, 0.1) is 0 Å². The van der Waals surface area contributed by atoms with Crippen LogP contribution < -0.4 is 5.32 Å². The topological polar surface area (TPSA) is 116 Å². The molecule has 0 bridgehead atoms. The third-order valence-corrected chi connectivity index (χ3v) is 2.67. The molecule has 8 heteroatoms. The van der Waals surface area contributed by atoms with E-state index in [0.717, 1.165) is 6.08 Å². The van der Waals surface area contributed by atoms with Gasteiger partial charge in [0.25, 0.3) is 0 Å². The van der Waals surface area contributed by atoms with Gasteiger partial charge in [0.1, 0.15) is 12.2 Å². The monoisotopic (exact) mass is 283 g/mol. The summed E-state index contributed by atoms with van der Waals surface area (Å²) in [4.78, 5) is 22.0. The molecule has 19 heavy (non-hydrogen) atoms. The zero-order chi connectivity index (χ0) is 13.9. The zero-order valence-corrected chi connectivity index (χ0v) is 10.2. The molecular weight excluding hydrogens is 265 g/mol. The maximum absolute atomic E-state index is 11.0. The molecule has 0 aromatic carbocycles. The van der Waals surface area contributed by atoms with Crippen LogP contribution in [0.25, 0.3) is 0 Å². The van der Waals surface area contributed by atoms with Gasteiger partial charge in [0, 0.05) is 13.5 Å². The molecule has 0 aromatic rings. The number of ether oxygens (including phenoxy) is 1. The van der Waals surface area contributed by atoms with Gasteiger partial charge in [-0.15, -0.1) is 0 Å².